The van der Waals surface area contributed by atoms with Crippen molar-refractivity contribution in [2.24, 2.45) is 16.9 Å². The Morgan fingerprint density at radius 3 is 3.00 bits per heavy atom. The van der Waals surface area contributed by atoms with Crippen molar-refractivity contribution >= 4 is 11.6 Å². The van der Waals surface area contributed by atoms with Gasteiger partial charge in [0.2, 0.25) is 0 Å². The van der Waals surface area contributed by atoms with Gasteiger partial charge >= 0.3 is 0 Å². The molecular weight excluding hydrogens is 228 g/mol. The van der Waals surface area contributed by atoms with Crippen molar-refractivity contribution in [2.75, 3.05) is 0 Å². The van der Waals surface area contributed by atoms with E-state index in [0.717, 1.165) is 18.6 Å². The van der Waals surface area contributed by atoms with Crippen LogP contribution in [0.1, 0.15) is 23.2 Å². The van der Waals surface area contributed by atoms with Gasteiger partial charge < -0.3 is 5.11 Å². The van der Waals surface area contributed by atoms with Gasteiger partial charge in [-0.2, -0.15) is 5.10 Å². The van der Waals surface area contributed by atoms with E-state index < -0.39 is 0 Å². The van der Waals surface area contributed by atoms with E-state index in [9.17, 15) is 9.90 Å². The first kappa shape index (κ1) is 11.0. The lowest BCUT2D eigenvalue weighted by molar-refractivity contribution is 0.0951. The normalized spacial score (nSPS) is 26.8. The van der Waals surface area contributed by atoms with Gasteiger partial charge in [-0.3, -0.25) is 4.79 Å². The highest BCUT2D eigenvalue weighted by molar-refractivity contribution is 5.99. The minimum atomic E-state index is -0.366. The van der Waals surface area contributed by atoms with Gasteiger partial charge in [-0.1, -0.05) is 24.3 Å². The molecule has 0 radical (unpaired) electrons. The van der Waals surface area contributed by atoms with Crippen LogP contribution in [0.4, 0.5) is 0 Å². The number of hydrogen-bond acceptors (Lipinski definition) is 3. The first-order valence-electron chi connectivity index (χ1n) is 6.07. The van der Waals surface area contributed by atoms with Crippen molar-refractivity contribution < 1.29 is 9.90 Å². The molecule has 4 nitrogen and oxygen atoms in total. The number of carbonyl (C=O) groups is 1. The van der Waals surface area contributed by atoms with E-state index in [1.165, 1.54) is 6.07 Å². The number of hydrazone groups is 1. The van der Waals surface area contributed by atoms with Crippen LogP contribution in [0.15, 0.2) is 41.5 Å². The van der Waals surface area contributed by atoms with Crippen LogP contribution in [0.5, 0.6) is 5.75 Å². The smallest absolute Gasteiger partial charge is 0.275 e. The zero-order valence-corrected chi connectivity index (χ0v) is 9.84. The summed E-state index contributed by atoms with van der Waals surface area (Å²) in [6.45, 7) is 0. The second-order valence-corrected chi connectivity index (χ2v) is 4.70. The zero-order chi connectivity index (χ0) is 12.5. The molecule has 1 aromatic rings. The van der Waals surface area contributed by atoms with E-state index in [2.05, 4.69) is 22.7 Å². The fourth-order valence-electron chi connectivity index (χ4n) is 2.51. The number of phenolic OH excluding ortho intramolecular Hbond substituents is 1. The zero-order valence-electron chi connectivity index (χ0n) is 9.84. The fourth-order valence-corrected chi connectivity index (χ4v) is 2.51. The minimum absolute atomic E-state index is 0.0239. The molecule has 4 heteroatoms. The largest absolute Gasteiger partial charge is 0.507 e. The predicted molar refractivity (Wildman–Crippen MR) is 68.4 cm³/mol. The molecular formula is C14H14N2O2. The van der Waals surface area contributed by atoms with Crippen molar-refractivity contribution in [3.8, 4) is 5.75 Å². The van der Waals surface area contributed by atoms with Crippen molar-refractivity contribution in [1.29, 1.82) is 0 Å². The lowest BCUT2D eigenvalue weighted by Crippen LogP contribution is -2.35. The molecule has 3 rings (SSSR count). The Bertz CT molecular complexity index is 548. The Labute approximate surface area is 105 Å². The SMILES string of the molecule is O=C(NN=C1CC2C=CCC12)c1ccccc1O. The van der Waals surface area contributed by atoms with Crippen LogP contribution in [0.25, 0.3) is 0 Å². The van der Waals surface area contributed by atoms with Gasteiger partial charge in [0.05, 0.1) is 5.56 Å². The molecule has 2 atom stereocenters. The number of carbonyl (C=O) groups excluding carboxylic acids is 1. The number of benzene rings is 1. The Morgan fingerprint density at radius 2 is 2.22 bits per heavy atom. The molecule has 0 heterocycles. The van der Waals surface area contributed by atoms with E-state index in [0.29, 0.717) is 11.8 Å². The first-order chi connectivity index (χ1) is 8.75. The molecule has 0 aliphatic heterocycles. The molecule has 0 saturated heterocycles. The minimum Gasteiger partial charge on any atom is -0.507 e. The number of aromatic hydroxyl groups is 1. The van der Waals surface area contributed by atoms with Crippen LogP contribution >= 0.6 is 0 Å². The Kier molecular flexibility index (Phi) is 2.63. The lowest BCUT2D eigenvalue weighted by Gasteiger charge is -2.31. The van der Waals surface area contributed by atoms with Crippen LogP contribution < -0.4 is 5.43 Å². The molecule has 2 unspecified atom stereocenters. The molecule has 1 amide bonds. The van der Waals surface area contributed by atoms with E-state index >= 15 is 0 Å². The monoisotopic (exact) mass is 242 g/mol. The molecule has 0 spiro atoms. The van der Waals surface area contributed by atoms with Gasteiger partial charge in [0.1, 0.15) is 5.75 Å². The van der Waals surface area contributed by atoms with Crippen LogP contribution in [-0.2, 0) is 0 Å². The Balaban J connectivity index is 1.66. The summed E-state index contributed by atoms with van der Waals surface area (Å²) in [6, 6.07) is 6.45. The summed E-state index contributed by atoms with van der Waals surface area (Å²) in [5.41, 5.74) is 3.82. The third kappa shape index (κ3) is 1.79. The van der Waals surface area contributed by atoms with Crippen molar-refractivity contribution in [3.63, 3.8) is 0 Å². The van der Waals surface area contributed by atoms with Crippen molar-refractivity contribution in [1.82, 2.24) is 5.43 Å². The molecule has 1 saturated carbocycles. The Hall–Kier alpha value is -2.10. The quantitative estimate of drug-likeness (QED) is 0.616. The molecule has 2 N–H and O–H groups in total. The maximum absolute atomic E-state index is 11.8. The number of amides is 1. The molecule has 2 aliphatic carbocycles. The Morgan fingerprint density at radius 1 is 1.39 bits per heavy atom. The van der Waals surface area contributed by atoms with Crippen LogP contribution in [0.2, 0.25) is 0 Å². The third-order valence-electron chi connectivity index (χ3n) is 3.61. The standard InChI is InChI=1S/C14H14N2O2/c17-13-7-2-1-5-11(13)14(18)16-15-12-8-9-4-3-6-10(9)12/h1-5,7,9-10,17H,6,8H2,(H,16,18). The van der Waals surface area contributed by atoms with E-state index in [4.69, 9.17) is 0 Å². The molecule has 18 heavy (non-hydrogen) atoms. The number of para-hydroxylation sites is 1. The van der Waals surface area contributed by atoms with Gasteiger partial charge in [0, 0.05) is 11.6 Å². The summed E-state index contributed by atoms with van der Waals surface area (Å²) in [6.07, 6.45) is 6.34. The third-order valence-corrected chi connectivity index (χ3v) is 3.61. The predicted octanol–water partition coefficient (Wildman–Crippen LogP) is 2.07. The number of nitrogens with one attached hydrogen (secondary N) is 1. The summed E-state index contributed by atoms with van der Waals surface area (Å²) in [5, 5.41) is 13.7. The molecule has 0 bridgehead atoms. The summed E-state index contributed by atoms with van der Waals surface area (Å²) >= 11 is 0. The molecule has 1 fully saturated rings. The lowest BCUT2D eigenvalue weighted by atomic mass is 9.74. The highest BCUT2D eigenvalue weighted by atomic mass is 16.3. The van der Waals surface area contributed by atoms with Gasteiger partial charge in [-0.15, -0.1) is 0 Å². The second-order valence-electron chi connectivity index (χ2n) is 4.70. The van der Waals surface area contributed by atoms with Crippen LogP contribution in [0.3, 0.4) is 0 Å². The molecule has 92 valence electrons. The number of hydrogen-bond donors (Lipinski definition) is 2. The molecule has 0 aromatic heterocycles. The van der Waals surface area contributed by atoms with Crippen LogP contribution in [-0.4, -0.2) is 16.7 Å². The number of fused-ring (bicyclic) bond motifs is 1. The highest BCUT2D eigenvalue weighted by Crippen LogP contribution is 2.40. The fraction of sp³-hybridized carbons (Fsp3) is 0.286. The van der Waals surface area contributed by atoms with Gasteiger partial charge in [0.15, 0.2) is 0 Å². The second kappa shape index (κ2) is 4.29. The van der Waals surface area contributed by atoms with Gasteiger partial charge in [0.25, 0.3) is 5.91 Å². The topological polar surface area (TPSA) is 61.7 Å². The summed E-state index contributed by atoms with van der Waals surface area (Å²) in [7, 11) is 0. The number of allylic oxidation sites excluding steroid dienone is 2. The summed E-state index contributed by atoms with van der Waals surface area (Å²) in [5.74, 6) is 0.708. The van der Waals surface area contributed by atoms with E-state index in [1.54, 1.807) is 18.2 Å². The summed E-state index contributed by atoms with van der Waals surface area (Å²) < 4.78 is 0. The van der Waals surface area contributed by atoms with Gasteiger partial charge in [-0.05, 0) is 30.9 Å². The first-order valence-corrected chi connectivity index (χ1v) is 6.07. The number of nitrogens with zero attached hydrogens (tertiary/aromatic N) is 1. The average molecular weight is 242 g/mol. The maximum Gasteiger partial charge on any atom is 0.275 e. The van der Waals surface area contributed by atoms with E-state index in [-0.39, 0.29) is 17.2 Å². The van der Waals surface area contributed by atoms with Crippen LogP contribution in [0, 0.1) is 11.8 Å². The number of phenols is 1. The number of rotatable bonds is 2. The maximum atomic E-state index is 11.8. The van der Waals surface area contributed by atoms with Gasteiger partial charge in [-0.25, -0.2) is 5.43 Å². The summed E-state index contributed by atoms with van der Waals surface area (Å²) in [4.78, 5) is 11.8. The highest BCUT2D eigenvalue weighted by Gasteiger charge is 2.38. The molecule has 2 aliphatic rings. The molecule has 1 aromatic carbocycles. The average Bonchev–Trinajstić information content (AvgIpc) is 2.71. The van der Waals surface area contributed by atoms with Crippen molar-refractivity contribution in [2.45, 2.75) is 12.8 Å². The van der Waals surface area contributed by atoms with E-state index in [1.807, 2.05) is 0 Å². The van der Waals surface area contributed by atoms with Crippen molar-refractivity contribution in [3.05, 3.63) is 42.0 Å².